The number of carbonyl (C=O) groups is 2. The van der Waals surface area contributed by atoms with Gasteiger partial charge in [-0.3, -0.25) is 14.5 Å². The average Bonchev–Trinajstić information content (AvgIpc) is 3.10. The minimum Gasteiger partial charge on any atom is -0.323 e. The normalized spacial score (nSPS) is 13.3. The zero-order chi connectivity index (χ0) is 17.4. The average molecular weight is 336 g/mol. The number of carbonyl (C=O) groups excluding carboxylic acids is 2. The van der Waals surface area contributed by atoms with Gasteiger partial charge in [-0.1, -0.05) is 18.2 Å². The first-order valence-electron chi connectivity index (χ1n) is 7.64. The van der Waals surface area contributed by atoms with Crippen LogP contribution < -0.4 is 10.2 Å². The van der Waals surface area contributed by atoms with E-state index in [-0.39, 0.29) is 24.0 Å². The number of halogens is 1. The third-order valence-electron chi connectivity index (χ3n) is 3.90. The lowest BCUT2D eigenvalue weighted by Gasteiger charge is -2.28. The van der Waals surface area contributed by atoms with Crippen LogP contribution in [0.5, 0.6) is 0 Å². The number of para-hydroxylation sites is 2. The second-order valence-electron chi connectivity index (χ2n) is 5.58. The molecule has 3 aromatic rings. The SMILES string of the molecule is O=C1CN(C(=O)c2ccn(-c3cccc(F)c3)n2)c2ccccc2N1. The molecule has 1 aliphatic heterocycles. The molecular weight excluding hydrogens is 323 g/mol. The van der Waals surface area contributed by atoms with Gasteiger partial charge in [0.25, 0.3) is 5.91 Å². The van der Waals surface area contributed by atoms with E-state index in [2.05, 4.69) is 10.4 Å². The van der Waals surface area contributed by atoms with Gasteiger partial charge in [0.2, 0.25) is 5.91 Å². The molecule has 7 heteroatoms. The van der Waals surface area contributed by atoms with Crippen LogP contribution in [0.15, 0.2) is 60.8 Å². The number of rotatable bonds is 2. The number of hydrogen-bond acceptors (Lipinski definition) is 3. The number of benzene rings is 2. The van der Waals surface area contributed by atoms with Gasteiger partial charge in [-0.05, 0) is 36.4 Å². The Kier molecular flexibility index (Phi) is 3.53. The first-order chi connectivity index (χ1) is 12.1. The van der Waals surface area contributed by atoms with Crippen LogP contribution in [0, 0.1) is 5.82 Å². The molecule has 0 atom stereocenters. The van der Waals surface area contributed by atoms with Crippen LogP contribution in [-0.4, -0.2) is 28.1 Å². The van der Waals surface area contributed by atoms with E-state index in [1.54, 1.807) is 48.7 Å². The highest BCUT2D eigenvalue weighted by Crippen LogP contribution is 2.29. The van der Waals surface area contributed by atoms with Crippen LogP contribution in [0.1, 0.15) is 10.5 Å². The van der Waals surface area contributed by atoms with Crippen LogP contribution in [0.25, 0.3) is 5.69 Å². The molecule has 0 saturated heterocycles. The van der Waals surface area contributed by atoms with Crippen molar-refractivity contribution in [3.63, 3.8) is 0 Å². The van der Waals surface area contributed by atoms with Crippen LogP contribution in [0.3, 0.4) is 0 Å². The third-order valence-corrected chi connectivity index (χ3v) is 3.90. The van der Waals surface area contributed by atoms with Gasteiger partial charge in [0.05, 0.1) is 17.1 Å². The van der Waals surface area contributed by atoms with Gasteiger partial charge >= 0.3 is 0 Å². The zero-order valence-electron chi connectivity index (χ0n) is 13.0. The van der Waals surface area contributed by atoms with Crippen molar-refractivity contribution in [2.24, 2.45) is 0 Å². The number of anilines is 2. The Hall–Kier alpha value is -3.48. The van der Waals surface area contributed by atoms with E-state index in [0.29, 0.717) is 17.1 Å². The molecule has 2 amide bonds. The summed E-state index contributed by atoms with van der Waals surface area (Å²) in [6, 6.07) is 14.5. The van der Waals surface area contributed by atoms with Crippen molar-refractivity contribution in [3.05, 3.63) is 72.3 Å². The number of hydrogen-bond donors (Lipinski definition) is 1. The van der Waals surface area contributed by atoms with Gasteiger partial charge in [0, 0.05) is 6.20 Å². The fourth-order valence-electron chi connectivity index (χ4n) is 2.75. The highest BCUT2D eigenvalue weighted by molar-refractivity contribution is 6.14. The molecule has 0 radical (unpaired) electrons. The van der Waals surface area contributed by atoms with Crippen molar-refractivity contribution in [2.75, 3.05) is 16.8 Å². The summed E-state index contributed by atoms with van der Waals surface area (Å²) in [7, 11) is 0. The molecule has 0 bridgehead atoms. The Balaban J connectivity index is 1.67. The second kappa shape index (κ2) is 5.86. The van der Waals surface area contributed by atoms with Crippen molar-refractivity contribution in [3.8, 4) is 5.69 Å². The second-order valence-corrected chi connectivity index (χ2v) is 5.58. The largest absolute Gasteiger partial charge is 0.323 e. The summed E-state index contributed by atoms with van der Waals surface area (Å²) in [5, 5.41) is 6.96. The number of aromatic nitrogens is 2. The van der Waals surface area contributed by atoms with E-state index in [9.17, 15) is 14.0 Å². The molecule has 1 aromatic heterocycles. The van der Waals surface area contributed by atoms with E-state index in [1.165, 1.54) is 21.7 Å². The van der Waals surface area contributed by atoms with E-state index in [1.807, 2.05) is 0 Å². The van der Waals surface area contributed by atoms with Gasteiger partial charge in [-0.2, -0.15) is 5.10 Å². The lowest BCUT2D eigenvalue weighted by atomic mass is 10.2. The van der Waals surface area contributed by atoms with Gasteiger partial charge < -0.3 is 5.32 Å². The van der Waals surface area contributed by atoms with Crippen LogP contribution in [0.4, 0.5) is 15.8 Å². The minimum atomic E-state index is -0.391. The molecule has 0 spiro atoms. The van der Waals surface area contributed by atoms with Crippen molar-refractivity contribution >= 4 is 23.2 Å². The minimum absolute atomic E-state index is 0.0807. The Morgan fingerprint density at radius 1 is 1.12 bits per heavy atom. The van der Waals surface area contributed by atoms with E-state index in [0.717, 1.165) is 0 Å². The zero-order valence-corrected chi connectivity index (χ0v) is 13.0. The number of nitrogens with zero attached hydrogens (tertiary/aromatic N) is 3. The lowest BCUT2D eigenvalue weighted by Crippen LogP contribution is -2.42. The Labute approximate surface area is 142 Å². The van der Waals surface area contributed by atoms with Crippen molar-refractivity contribution < 1.29 is 14.0 Å². The standard InChI is InChI=1S/C18H13FN4O2/c19-12-4-3-5-13(10-12)23-9-8-15(21-23)18(25)22-11-17(24)20-14-6-1-2-7-16(14)22/h1-10H,11H2,(H,20,24). The number of amides is 2. The predicted molar refractivity (Wildman–Crippen MR) is 90.3 cm³/mol. The molecule has 2 aromatic carbocycles. The molecule has 0 fully saturated rings. The van der Waals surface area contributed by atoms with E-state index < -0.39 is 5.91 Å². The molecule has 0 saturated carbocycles. The molecule has 0 unspecified atom stereocenters. The maximum atomic E-state index is 13.4. The van der Waals surface area contributed by atoms with Gasteiger partial charge in [-0.15, -0.1) is 0 Å². The topological polar surface area (TPSA) is 67.2 Å². The quantitative estimate of drug-likeness (QED) is 0.782. The molecule has 25 heavy (non-hydrogen) atoms. The highest BCUT2D eigenvalue weighted by Gasteiger charge is 2.28. The summed E-state index contributed by atoms with van der Waals surface area (Å²) in [4.78, 5) is 26.1. The monoisotopic (exact) mass is 336 g/mol. The maximum absolute atomic E-state index is 13.4. The van der Waals surface area contributed by atoms with Crippen LogP contribution in [0.2, 0.25) is 0 Å². The molecule has 1 aliphatic rings. The molecule has 124 valence electrons. The van der Waals surface area contributed by atoms with E-state index >= 15 is 0 Å². The summed E-state index contributed by atoms with van der Waals surface area (Å²) >= 11 is 0. The fraction of sp³-hybridized carbons (Fsp3) is 0.0556. The molecule has 1 N–H and O–H groups in total. The van der Waals surface area contributed by atoms with Crippen LogP contribution >= 0.6 is 0 Å². The Morgan fingerprint density at radius 3 is 2.80 bits per heavy atom. The summed E-state index contributed by atoms with van der Waals surface area (Å²) in [5.41, 5.74) is 1.88. The highest BCUT2D eigenvalue weighted by atomic mass is 19.1. The van der Waals surface area contributed by atoms with Crippen molar-refractivity contribution in [1.29, 1.82) is 0 Å². The van der Waals surface area contributed by atoms with Crippen LogP contribution in [-0.2, 0) is 4.79 Å². The summed E-state index contributed by atoms with van der Waals surface area (Å²) in [5.74, 6) is -1.04. The molecular formula is C18H13FN4O2. The molecule has 4 rings (SSSR count). The summed E-state index contributed by atoms with van der Waals surface area (Å²) in [6.45, 7) is -0.0807. The van der Waals surface area contributed by atoms with Gasteiger partial charge in [-0.25, -0.2) is 9.07 Å². The smallest absolute Gasteiger partial charge is 0.279 e. The first kappa shape index (κ1) is 15.1. The van der Waals surface area contributed by atoms with Gasteiger partial charge in [0.1, 0.15) is 12.4 Å². The Bertz CT molecular complexity index is 982. The Morgan fingerprint density at radius 2 is 1.96 bits per heavy atom. The van der Waals surface area contributed by atoms with Crippen molar-refractivity contribution in [2.45, 2.75) is 0 Å². The fourth-order valence-corrected chi connectivity index (χ4v) is 2.75. The number of fused-ring (bicyclic) bond motifs is 1. The van der Waals surface area contributed by atoms with E-state index in [4.69, 9.17) is 0 Å². The lowest BCUT2D eigenvalue weighted by molar-refractivity contribution is -0.115. The summed E-state index contributed by atoms with van der Waals surface area (Å²) in [6.07, 6.45) is 1.58. The molecule has 2 heterocycles. The predicted octanol–water partition coefficient (Wildman–Crippen LogP) is 2.61. The summed E-state index contributed by atoms with van der Waals surface area (Å²) < 4.78 is 14.8. The first-order valence-corrected chi connectivity index (χ1v) is 7.64. The van der Waals surface area contributed by atoms with Gasteiger partial charge in [0.15, 0.2) is 5.69 Å². The maximum Gasteiger partial charge on any atom is 0.279 e. The number of nitrogens with one attached hydrogen (secondary N) is 1. The van der Waals surface area contributed by atoms with Crippen molar-refractivity contribution in [1.82, 2.24) is 9.78 Å². The molecule has 0 aliphatic carbocycles. The third kappa shape index (κ3) is 2.76. The molecule has 6 nitrogen and oxygen atoms in total.